The zero-order valence-corrected chi connectivity index (χ0v) is 14.8. The average molecular weight is 382 g/mol. The molecular weight excluding hydrogens is 364 g/mol. The molecule has 1 fully saturated rings. The Morgan fingerprint density at radius 2 is 1.92 bits per heavy atom. The van der Waals surface area contributed by atoms with Gasteiger partial charge in [0.15, 0.2) is 5.69 Å². The highest BCUT2D eigenvalue weighted by Crippen LogP contribution is 2.17. The molecule has 12 heteroatoms. The van der Waals surface area contributed by atoms with E-state index in [2.05, 4.69) is 10.2 Å². The molecule has 140 valence electrons. The maximum absolute atomic E-state index is 12.5. The molecule has 0 atom stereocenters. The number of rotatable bonds is 5. The van der Waals surface area contributed by atoms with Gasteiger partial charge in [-0.3, -0.25) is 14.2 Å². The predicted molar refractivity (Wildman–Crippen MR) is 87.7 cm³/mol. The summed E-state index contributed by atoms with van der Waals surface area (Å²) in [6, 6.07) is 1.31. The van der Waals surface area contributed by atoms with Gasteiger partial charge in [0.2, 0.25) is 15.9 Å². The van der Waals surface area contributed by atoms with Crippen molar-refractivity contribution in [3.05, 3.63) is 30.4 Å². The van der Waals surface area contributed by atoms with Crippen LogP contribution in [-0.4, -0.2) is 80.3 Å². The lowest BCUT2D eigenvalue weighted by Gasteiger charge is -2.33. The Morgan fingerprint density at radius 1 is 1.23 bits per heavy atom. The molecule has 26 heavy (non-hydrogen) atoms. The molecule has 0 saturated carbocycles. The van der Waals surface area contributed by atoms with Crippen LogP contribution in [0.5, 0.6) is 0 Å². The standard InChI is InChI=1S/C14H18N6O5S/c1-17-9-11(8-15-17)26(24,25)20-6-4-18(5-7-20)13(21)10-19-3-2-12(16-19)14(22)23/h2-3,8-9H,4-7,10H2,1H3,(H,22,23). The highest BCUT2D eigenvalue weighted by Gasteiger charge is 2.31. The number of carboxylic acids is 1. The number of carbonyl (C=O) groups is 2. The Bertz CT molecular complexity index is 925. The lowest BCUT2D eigenvalue weighted by molar-refractivity contribution is -0.133. The summed E-state index contributed by atoms with van der Waals surface area (Å²) in [6.07, 6.45) is 4.15. The number of amides is 1. The van der Waals surface area contributed by atoms with Crippen molar-refractivity contribution >= 4 is 21.9 Å². The third-order valence-electron chi connectivity index (χ3n) is 4.07. The van der Waals surface area contributed by atoms with Gasteiger partial charge in [0, 0.05) is 45.6 Å². The Balaban J connectivity index is 1.59. The fourth-order valence-electron chi connectivity index (χ4n) is 2.66. The first-order valence-corrected chi connectivity index (χ1v) is 9.25. The van der Waals surface area contributed by atoms with Crippen LogP contribution in [0.25, 0.3) is 0 Å². The monoisotopic (exact) mass is 382 g/mol. The summed E-state index contributed by atoms with van der Waals surface area (Å²) >= 11 is 0. The first-order valence-electron chi connectivity index (χ1n) is 7.80. The summed E-state index contributed by atoms with van der Waals surface area (Å²) in [4.78, 5) is 24.8. The summed E-state index contributed by atoms with van der Waals surface area (Å²) in [6.45, 7) is 0.782. The van der Waals surface area contributed by atoms with E-state index in [-0.39, 0.29) is 49.2 Å². The van der Waals surface area contributed by atoms with Crippen LogP contribution in [-0.2, 0) is 28.4 Å². The Kier molecular flexibility index (Phi) is 4.78. The summed E-state index contributed by atoms with van der Waals surface area (Å²) in [7, 11) is -1.99. The second-order valence-corrected chi connectivity index (χ2v) is 7.78. The predicted octanol–water partition coefficient (Wildman–Crippen LogP) is -1.15. The van der Waals surface area contributed by atoms with E-state index in [1.54, 1.807) is 7.05 Å². The molecule has 3 heterocycles. The van der Waals surface area contributed by atoms with E-state index < -0.39 is 16.0 Å². The van der Waals surface area contributed by atoms with E-state index in [1.807, 2.05) is 0 Å². The van der Waals surface area contributed by atoms with E-state index in [0.717, 1.165) is 0 Å². The van der Waals surface area contributed by atoms with Crippen LogP contribution in [0.1, 0.15) is 10.5 Å². The highest BCUT2D eigenvalue weighted by atomic mass is 32.2. The molecule has 1 amide bonds. The van der Waals surface area contributed by atoms with Gasteiger partial charge in [-0.15, -0.1) is 0 Å². The molecule has 0 unspecified atom stereocenters. The van der Waals surface area contributed by atoms with Crippen molar-refractivity contribution in [2.75, 3.05) is 26.2 Å². The SMILES string of the molecule is Cn1cc(S(=O)(=O)N2CCN(C(=O)Cn3ccc(C(=O)O)n3)CC2)cn1. The molecule has 0 spiro atoms. The van der Waals surface area contributed by atoms with E-state index in [9.17, 15) is 18.0 Å². The van der Waals surface area contributed by atoms with E-state index in [1.165, 1.54) is 43.2 Å². The number of piperazine rings is 1. The number of carboxylic acid groups (broad SMARTS) is 1. The molecule has 3 rings (SSSR count). The zero-order chi connectivity index (χ0) is 18.9. The van der Waals surface area contributed by atoms with Crippen molar-refractivity contribution in [2.45, 2.75) is 11.4 Å². The van der Waals surface area contributed by atoms with E-state index in [4.69, 9.17) is 5.11 Å². The molecule has 2 aromatic rings. The van der Waals surface area contributed by atoms with Gasteiger partial charge in [0.25, 0.3) is 0 Å². The number of aromatic nitrogens is 4. The molecule has 0 bridgehead atoms. The van der Waals surface area contributed by atoms with Crippen molar-refractivity contribution in [1.29, 1.82) is 0 Å². The molecule has 1 saturated heterocycles. The number of hydrogen-bond acceptors (Lipinski definition) is 6. The molecular formula is C14H18N6O5S. The van der Waals surface area contributed by atoms with Gasteiger partial charge in [-0.25, -0.2) is 13.2 Å². The minimum absolute atomic E-state index is 0.0946. The van der Waals surface area contributed by atoms with Crippen molar-refractivity contribution in [3.63, 3.8) is 0 Å². The van der Waals surface area contributed by atoms with E-state index in [0.29, 0.717) is 0 Å². The van der Waals surface area contributed by atoms with Crippen LogP contribution in [0.3, 0.4) is 0 Å². The van der Waals surface area contributed by atoms with Crippen molar-refractivity contribution < 1.29 is 23.1 Å². The Hall–Kier alpha value is -2.73. The highest BCUT2D eigenvalue weighted by molar-refractivity contribution is 7.89. The number of carbonyl (C=O) groups excluding carboxylic acids is 1. The molecule has 1 aliphatic rings. The Labute approximate surface area is 149 Å². The lowest BCUT2D eigenvalue weighted by Crippen LogP contribution is -2.51. The normalized spacial score (nSPS) is 16.0. The molecule has 11 nitrogen and oxygen atoms in total. The maximum atomic E-state index is 12.5. The van der Waals surface area contributed by atoms with Crippen LogP contribution in [0.15, 0.2) is 29.6 Å². The molecule has 1 N–H and O–H groups in total. The molecule has 1 aliphatic heterocycles. The second kappa shape index (κ2) is 6.88. The first kappa shape index (κ1) is 18.1. The van der Waals surface area contributed by atoms with Gasteiger partial charge < -0.3 is 10.0 Å². The quantitative estimate of drug-likeness (QED) is 0.691. The summed E-state index contributed by atoms with van der Waals surface area (Å²) < 4.78 is 29.1. The fourth-order valence-corrected chi connectivity index (χ4v) is 4.07. The van der Waals surface area contributed by atoms with Gasteiger partial charge >= 0.3 is 5.97 Å². The number of sulfonamides is 1. The fraction of sp³-hybridized carbons (Fsp3) is 0.429. The first-order chi connectivity index (χ1) is 12.3. The summed E-state index contributed by atoms with van der Waals surface area (Å²) in [5.74, 6) is -1.41. The number of nitrogens with zero attached hydrogens (tertiary/aromatic N) is 6. The van der Waals surface area contributed by atoms with E-state index >= 15 is 0 Å². The largest absolute Gasteiger partial charge is 0.476 e. The van der Waals surface area contributed by atoms with Crippen LogP contribution >= 0.6 is 0 Å². The van der Waals surface area contributed by atoms with Crippen molar-refractivity contribution in [3.8, 4) is 0 Å². The number of aromatic carboxylic acids is 1. The van der Waals surface area contributed by atoms with Crippen LogP contribution in [0.2, 0.25) is 0 Å². The second-order valence-electron chi connectivity index (χ2n) is 5.84. The van der Waals surface area contributed by atoms with Crippen LogP contribution in [0.4, 0.5) is 0 Å². The van der Waals surface area contributed by atoms with Crippen LogP contribution in [0, 0.1) is 0 Å². The minimum Gasteiger partial charge on any atom is -0.476 e. The van der Waals surface area contributed by atoms with Gasteiger partial charge in [0.05, 0.1) is 6.20 Å². The molecule has 0 radical (unpaired) electrons. The lowest BCUT2D eigenvalue weighted by atomic mass is 10.3. The van der Waals surface area contributed by atoms with Gasteiger partial charge in [-0.2, -0.15) is 14.5 Å². The van der Waals surface area contributed by atoms with Gasteiger partial charge in [-0.1, -0.05) is 0 Å². The zero-order valence-electron chi connectivity index (χ0n) is 14.0. The van der Waals surface area contributed by atoms with Gasteiger partial charge in [-0.05, 0) is 6.07 Å². The van der Waals surface area contributed by atoms with Crippen molar-refractivity contribution in [1.82, 2.24) is 28.8 Å². The average Bonchev–Trinajstić information content (AvgIpc) is 3.24. The molecule has 2 aromatic heterocycles. The van der Waals surface area contributed by atoms with Crippen LogP contribution < -0.4 is 0 Å². The number of hydrogen-bond donors (Lipinski definition) is 1. The topological polar surface area (TPSA) is 131 Å². The minimum atomic E-state index is -3.63. The summed E-state index contributed by atoms with van der Waals surface area (Å²) in [5.41, 5.74) is -0.134. The maximum Gasteiger partial charge on any atom is 0.356 e. The Morgan fingerprint density at radius 3 is 2.46 bits per heavy atom. The smallest absolute Gasteiger partial charge is 0.356 e. The summed E-state index contributed by atoms with van der Waals surface area (Å²) in [5, 5.41) is 16.5. The third-order valence-corrected chi connectivity index (χ3v) is 5.92. The molecule has 0 aromatic carbocycles. The van der Waals surface area contributed by atoms with Gasteiger partial charge in [0.1, 0.15) is 11.4 Å². The van der Waals surface area contributed by atoms with Crippen molar-refractivity contribution in [2.24, 2.45) is 7.05 Å². The third kappa shape index (κ3) is 3.60. The number of aryl methyl sites for hydroxylation is 1. The molecule has 0 aliphatic carbocycles.